The Balaban J connectivity index is 1.97. The van der Waals surface area contributed by atoms with Gasteiger partial charge in [0.25, 0.3) is 0 Å². The van der Waals surface area contributed by atoms with Gasteiger partial charge in [0.05, 0.1) is 11.8 Å². The van der Waals surface area contributed by atoms with Crippen LogP contribution in [0.15, 0.2) is 67.0 Å². The van der Waals surface area contributed by atoms with Crippen molar-refractivity contribution in [2.24, 2.45) is 0 Å². The van der Waals surface area contributed by atoms with Crippen LogP contribution in [0.3, 0.4) is 0 Å². The number of hydrogen-bond acceptors (Lipinski definition) is 3. The Hall–Kier alpha value is -3.08. The molecule has 104 valence electrons. The van der Waals surface area contributed by atoms with Crippen LogP contribution in [0.1, 0.15) is 10.4 Å². The van der Waals surface area contributed by atoms with Gasteiger partial charge in [-0.05, 0) is 24.3 Å². The number of benzene rings is 2. The molecule has 0 unspecified atom stereocenters. The topological polar surface area (TPSA) is 64.3 Å². The SMILES string of the molecule is O=C(O)c1cnn(-c2ccccc2Oc2ccccc2)c1. The molecule has 0 saturated carbocycles. The van der Waals surface area contributed by atoms with Gasteiger partial charge in [-0.15, -0.1) is 0 Å². The summed E-state index contributed by atoms with van der Waals surface area (Å²) < 4.78 is 7.31. The number of aromatic nitrogens is 2. The van der Waals surface area contributed by atoms with Crippen molar-refractivity contribution >= 4 is 5.97 Å². The van der Waals surface area contributed by atoms with Crippen molar-refractivity contribution in [2.75, 3.05) is 0 Å². The average molecular weight is 280 g/mol. The summed E-state index contributed by atoms with van der Waals surface area (Å²) in [4.78, 5) is 10.9. The molecule has 0 saturated heterocycles. The summed E-state index contributed by atoms with van der Waals surface area (Å²) in [5, 5.41) is 13.0. The molecule has 0 radical (unpaired) electrons. The third kappa shape index (κ3) is 2.76. The number of carbonyl (C=O) groups is 1. The Bertz CT molecular complexity index is 766. The molecular formula is C16H12N2O3. The van der Waals surface area contributed by atoms with Gasteiger partial charge < -0.3 is 9.84 Å². The van der Waals surface area contributed by atoms with Crippen LogP contribution in [0.5, 0.6) is 11.5 Å². The third-order valence-corrected chi connectivity index (χ3v) is 2.91. The van der Waals surface area contributed by atoms with E-state index < -0.39 is 5.97 Å². The van der Waals surface area contributed by atoms with Crippen LogP contribution in [-0.2, 0) is 0 Å². The maximum Gasteiger partial charge on any atom is 0.338 e. The number of nitrogens with zero attached hydrogens (tertiary/aromatic N) is 2. The maximum absolute atomic E-state index is 10.9. The van der Waals surface area contributed by atoms with Gasteiger partial charge in [-0.1, -0.05) is 30.3 Å². The molecular weight excluding hydrogens is 268 g/mol. The first-order valence-electron chi connectivity index (χ1n) is 6.34. The van der Waals surface area contributed by atoms with Gasteiger partial charge in [0.1, 0.15) is 11.4 Å². The van der Waals surface area contributed by atoms with Gasteiger partial charge in [-0.3, -0.25) is 0 Å². The van der Waals surface area contributed by atoms with E-state index in [0.717, 1.165) is 0 Å². The Morgan fingerprint density at radius 1 is 1.05 bits per heavy atom. The van der Waals surface area contributed by atoms with E-state index in [2.05, 4.69) is 5.10 Å². The largest absolute Gasteiger partial charge is 0.478 e. The Morgan fingerprint density at radius 2 is 1.76 bits per heavy atom. The van der Waals surface area contributed by atoms with Crippen molar-refractivity contribution < 1.29 is 14.6 Å². The van der Waals surface area contributed by atoms with Gasteiger partial charge in [-0.25, -0.2) is 9.48 Å². The summed E-state index contributed by atoms with van der Waals surface area (Å²) in [6.45, 7) is 0. The van der Waals surface area contributed by atoms with Crippen molar-refractivity contribution in [3.8, 4) is 17.2 Å². The van der Waals surface area contributed by atoms with Crippen LogP contribution in [0.25, 0.3) is 5.69 Å². The highest BCUT2D eigenvalue weighted by Gasteiger charge is 2.11. The van der Waals surface area contributed by atoms with Crippen molar-refractivity contribution in [1.82, 2.24) is 9.78 Å². The molecule has 0 bridgehead atoms. The second-order valence-corrected chi connectivity index (χ2v) is 4.36. The van der Waals surface area contributed by atoms with Gasteiger partial charge >= 0.3 is 5.97 Å². The summed E-state index contributed by atoms with van der Waals surface area (Å²) in [6.07, 6.45) is 2.76. The van der Waals surface area contributed by atoms with Crippen LogP contribution < -0.4 is 4.74 Å². The van der Waals surface area contributed by atoms with E-state index in [1.54, 1.807) is 0 Å². The third-order valence-electron chi connectivity index (χ3n) is 2.91. The number of carboxylic acids is 1. The van der Waals surface area contributed by atoms with Gasteiger partial charge in [-0.2, -0.15) is 5.10 Å². The van der Waals surface area contributed by atoms with Gasteiger partial charge in [0.2, 0.25) is 0 Å². The zero-order valence-corrected chi connectivity index (χ0v) is 11.0. The lowest BCUT2D eigenvalue weighted by Gasteiger charge is -2.10. The second kappa shape index (κ2) is 5.50. The van der Waals surface area contributed by atoms with E-state index in [1.807, 2.05) is 54.6 Å². The quantitative estimate of drug-likeness (QED) is 0.795. The fourth-order valence-electron chi connectivity index (χ4n) is 1.91. The fourth-order valence-corrected chi connectivity index (χ4v) is 1.91. The predicted octanol–water partition coefficient (Wildman–Crippen LogP) is 3.36. The van der Waals surface area contributed by atoms with Crippen LogP contribution in [-0.4, -0.2) is 20.9 Å². The van der Waals surface area contributed by atoms with Crippen molar-refractivity contribution in [3.63, 3.8) is 0 Å². The number of carboxylic acid groups (broad SMARTS) is 1. The van der Waals surface area contributed by atoms with Gasteiger partial charge in [0, 0.05) is 6.20 Å². The molecule has 1 aromatic heterocycles. The second-order valence-electron chi connectivity index (χ2n) is 4.36. The Labute approximate surface area is 121 Å². The van der Waals surface area contributed by atoms with Crippen molar-refractivity contribution in [3.05, 3.63) is 72.6 Å². The maximum atomic E-state index is 10.9. The molecule has 0 amide bonds. The molecule has 2 aromatic carbocycles. The first-order valence-corrected chi connectivity index (χ1v) is 6.34. The molecule has 5 nitrogen and oxygen atoms in total. The fraction of sp³-hybridized carbons (Fsp3) is 0. The Kier molecular flexibility index (Phi) is 3.39. The molecule has 21 heavy (non-hydrogen) atoms. The number of para-hydroxylation sites is 3. The first kappa shape index (κ1) is 12.9. The highest BCUT2D eigenvalue weighted by atomic mass is 16.5. The van der Waals surface area contributed by atoms with Crippen LogP contribution in [0.2, 0.25) is 0 Å². The summed E-state index contributed by atoms with van der Waals surface area (Å²) in [5.41, 5.74) is 0.804. The van der Waals surface area contributed by atoms with Crippen LogP contribution in [0, 0.1) is 0 Å². The van der Waals surface area contributed by atoms with E-state index >= 15 is 0 Å². The Morgan fingerprint density at radius 3 is 2.48 bits per heavy atom. The summed E-state index contributed by atoms with van der Waals surface area (Å²) in [5.74, 6) is 0.294. The first-order chi connectivity index (χ1) is 10.2. The van der Waals surface area contributed by atoms with Crippen molar-refractivity contribution in [1.29, 1.82) is 0 Å². The lowest BCUT2D eigenvalue weighted by atomic mass is 10.3. The van der Waals surface area contributed by atoms with E-state index in [1.165, 1.54) is 17.1 Å². The number of rotatable bonds is 4. The minimum absolute atomic E-state index is 0.129. The molecule has 5 heteroatoms. The van der Waals surface area contributed by atoms with E-state index in [-0.39, 0.29) is 5.56 Å². The summed E-state index contributed by atoms with van der Waals surface area (Å²) in [6, 6.07) is 16.7. The zero-order valence-electron chi connectivity index (χ0n) is 11.0. The normalized spacial score (nSPS) is 10.3. The lowest BCUT2D eigenvalue weighted by molar-refractivity contribution is 0.0697. The lowest BCUT2D eigenvalue weighted by Crippen LogP contribution is -1.98. The molecule has 0 atom stereocenters. The molecule has 0 aliphatic carbocycles. The van der Waals surface area contributed by atoms with E-state index in [0.29, 0.717) is 17.2 Å². The van der Waals surface area contributed by atoms with Gasteiger partial charge in [0.15, 0.2) is 5.75 Å². The molecule has 0 spiro atoms. The molecule has 3 rings (SSSR count). The van der Waals surface area contributed by atoms with Crippen LogP contribution >= 0.6 is 0 Å². The summed E-state index contributed by atoms with van der Waals surface area (Å²) in [7, 11) is 0. The van der Waals surface area contributed by atoms with E-state index in [4.69, 9.17) is 9.84 Å². The molecule has 3 aromatic rings. The molecule has 0 fully saturated rings. The standard InChI is InChI=1S/C16H12N2O3/c19-16(20)12-10-17-18(11-12)14-8-4-5-9-15(14)21-13-6-2-1-3-7-13/h1-11H,(H,19,20). The molecule has 0 aliphatic rings. The minimum Gasteiger partial charge on any atom is -0.478 e. The monoisotopic (exact) mass is 280 g/mol. The molecule has 1 N–H and O–H groups in total. The van der Waals surface area contributed by atoms with Crippen LogP contribution in [0.4, 0.5) is 0 Å². The zero-order chi connectivity index (χ0) is 14.7. The number of aromatic carboxylic acids is 1. The highest BCUT2D eigenvalue weighted by Crippen LogP contribution is 2.27. The molecule has 1 heterocycles. The summed E-state index contributed by atoms with van der Waals surface area (Å²) >= 11 is 0. The molecule has 0 aliphatic heterocycles. The van der Waals surface area contributed by atoms with Crippen molar-refractivity contribution in [2.45, 2.75) is 0 Å². The highest BCUT2D eigenvalue weighted by molar-refractivity contribution is 5.87. The number of ether oxygens (including phenoxy) is 1. The minimum atomic E-state index is -1.01. The number of hydrogen-bond donors (Lipinski definition) is 1. The van der Waals surface area contributed by atoms with E-state index in [9.17, 15) is 4.79 Å². The predicted molar refractivity (Wildman–Crippen MR) is 77.0 cm³/mol. The smallest absolute Gasteiger partial charge is 0.338 e. The average Bonchev–Trinajstić information content (AvgIpc) is 2.99.